The Morgan fingerprint density at radius 3 is 1.75 bits per heavy atom. The van der Waals surface area contributed by atoms with Crippen LogP contribution in [0.15, 0.2) is 78.9 Å². The lowest BCUT2D eigenvalue weighted by Gasteiger charge is -2.50. The van der Waals surface area contributed by atoms with Gasteiger partial charge in [0, 0.05) is 52.4 Å². The maximum Gasteiger partial charge on any atom is 0.305 e. The van der Waals surface area contributed by atoms with Crippen molar-refractivity contribution in [2.24, 2.45) is 0 Å². The van der Waals surface area contributed by atoms with Gasteiger partial charge >= 0.3 is 5.79 Å². The Bertz CT molecular complexity index is 2910. The molecule has 18 heteroatoms. The van der Waals surface area contributed by atoms with Gasteiger partial charge in [0.25, 0.3) is 0 Å². The summed E-state index contributed by atoms with van der Waals surface area (Å²) in [6.45, 7) is 0. The van der Waals surface area contributed by atoms with E-state index in [4.69, 9.17) is 18.9 Å². The molecule has 0 aromatic heterocycles. The highest BCUT2D eigenvalue weighted by Crippen LogP contribution is 2.65. The van der Waals surface area contributed by atoms with Crippen LogP contribution >= 0.6 is 0 Å². The van der Waals surface area contributed by atoms with E-state index in [0.29, 0.717) is 0 Å². The normalized spacial score (nSPS) is 25.2. The van der Waals surface area contributed by atoms with Crippen molar-refractivity contribution >= 4 is 0 Å². The van der Waals surface area contributed by atoms with Gasteiger partial charge in [0.1, 0.15) is 58.6 Å². The molecule has 8 atom stereocenters. The molecule has 3 unspecified atom stereocenters. The summed E-state index contributed by atoms with van der Waals surface area (Å²) in [5.74, 6) is -12.7. The Labute approximate surface area is 354 Å². The summed E-state index contributed by atoms with van der Waals surface area (Å²) in [5, 5.41) is 155. The average molecular weight is 865 g/mol. The molecule has 0 aliphatic carbocycles. The number of phenolic OH excluding ortho intramolecular Hbond substituents is 11. The van der Waals surface area contributed by atoms with Crippen LogP contribution < -0.4 is 18.9 Å². The zero-order valence-electron chi connectivity index (χ0n) is 32.1. The van der Waals surface area contributed by atoms with Crippen LogP contribution in [0.5, 0.6) is 86.2 Å². The number of hydrogen-bond acceptors (Lipinski definition) is 18. The molecule has 324 valence electrons. The molecule has 4 aliphatic heterocycles. The molecule has 0 saturated heterocycles. The Morgan fingerprint density at radius 1 is 0.476 bits per heavy atom. The number of phenols is 11. The van der Waals surface area contributed by atoms with Gasteiger partial charge in [-0.05, 0) is 59.7 Å². The molecule has 0 spiro atoms. The first-order valence-corrected chi connectivity index (χ1v) is 19.3. The number of rotatable bonds is 4. The van der Waals surface area contributed by atoms with Crippen molar-refractivity contribution in [2.45, 2.75) is 54.6 Å². The standard InChI is InChI=1S/C45H36O18/c46-18-10-28(54)34-32(11-18)62-45(17-3-6-23(49)27(53)9-17)44(59)33(34)20-13-31-36(38(57)43(20)63-45)37(39(58)41(60-31)16-2-5-22(48)26(52)8-16)35-29(55)14-24(50)19-12-30(56)40(61-42(19)35)15-1-4-21(47)25(51)7-15/h1-11,13-14,30,33,37,39-41,44,46-59H,12H2/t30-,33?,37+,39?,40-,41?,44-,45+/m1/s1. The maximum absolute atomic E-state index is 12.6. The van der Waals surface area contributed by atoms with E-state index in [9.17, 15) is 71.5 Å². The summed E-state index contributed by atoms with van der Waals surface area (Å²) < 4.78 is 25.5. The summed E-state index contributed by atoms with van der Waals surface area (Å²) in [7, 11) is 0. The predicted molar refractivity (Wildman–Crippen MR) is 212 cm³/mol. The number of aliphatic hydroxyl groups is 3. The largest absolute Gasteiger partial charge is 0.508 e. The fourth-order valence-electron chi connectivity index (χ4n) is 9.28. The molecule has 0 amide bonds. The molecule has 10 rings (SSSR count). The van der Waals surface area contributed by atoms with Gasteiger partial charge in [-0.25, -0.2) is 0 Å². The highest BCUT2D eigenvalue weighted by molar-refractivity contribution is 5.71. The van der Waals surface area contributed by atoms with E-state index in [-0.39, 0.29) is 68.2 Å². The fraction of sp³-hybridized carbons (Fsp3) is 0.200. The van der Waals surface area contributed by atoms with Crippen molar-refractivity contribution in [1.82, 2.24) is 0 Å². The Kier molecular flexibility index (Phi) is 8.49. The average Bonchev–Trinajstić information content (AvgIpc) is 3.22. The molecule has 0 fully saturated rings. The van der Waals surface area contributed by atoms with Gasteiger partial charge in [-0.3, -0.25) is 0 Å². The van der Waals surface area contributed by atoms with Crippen LogP contribution in [0.2, 0.25) is 0 Å². The van der Waals surface area contributed by atoms with Gasteiger partial charge in [-0.15, -0.1) is 0 Å². The molecule has 4 heterocycles. The van der Waals surface area contributed by atoms with Gasteiger partial charge < -0.3 is 90.4 Å². The second-order valence-electron chi connectivity index (χ2n) is 15.9. The molecule has 63 heavy (non-hydrogen) atoms. The lowest BCUT2D eigenvalue weighted by molar-refractivity contribution is -0.219. The minimum Gasteiger partial charge on any atom is -0.508 e. The third kappa shape index (κ3) is 5.68. The third-order valence-corrected chi connectivity index (χ3v) is 12.2. The number of aliphatic hydroxyl groups excluding tert-OH is 3. The van der Waals surface area contributed by atoms with Crippen molar-refractivity contribution in [1.29, 1.82) is 0 Å². The second kappa shape index (κ2) is 13.6. The van der Waals surface area contributed by atoms with Crippen LogP contribution in [-0.4, -0.2) is 89.8 Å². The number of fused-ring (bicyclic) bond motifs is 8. The zero-order chi connectivity index (χ0) is 44.5. The van der Waals surface area contributed by atoms with Crippen LogP contribution in [-0.2, 0) is 12.2 Å². The summed E-state index contributed by atoms with van der Waals surface area (Å²) >= 11 is 0. The quantitative estimate of drug-likeness (QED) is 0.110. The molecule has 6 aromatic rings. The van der Waals surface area contributed by atoms with E-state index in [2.05, 4.69) is 0 Å². The number of benzene rings is 6. The Hall–Kier alpha value is -7.80. The lowest BCUT2D eigenvalue weighted by atomic mass is 9.73. The summed E-state index contributed by atoms with van der Waals surface area (Å²) in [4.78, 5) is 0. The number of hydrogen-bond donors (Lipinski definition) is 14. The van der Waals surface area contributed by atoms with Crippen LogP contribution in [0.1, 0.15) is 68.6 Å². The summed E-state index contributed by atoms with van der Waals surface area (Å²) in [5.41, 5.74) is -0.519. The maximum atomic E-state index is 12.6. The first kappa shape index (κ1) is 39.3. The summed E-state index contributed by atoms with van der Waals surface area (Å²) in [6.07, 6.45) is -8.14. The van der Waals surface area contributed by atoms with Crippen molar-refractivity contribution in [3.63, 3.8) is 0 Å². The van der Waals surface area contributed by atoms with Crippen LogP contribution in [0.4, 0.5) is 0 Å². The van der Waals surface area contributed by atoms with E-state index in [0.717, 1.165) is 54.6 Å². The monoisotopic (exact) mass is 864 g/mol. The SMILES string of the molecule is Oc1cc(O)c2c(c1)O[C@@]1(c3ccc(O)c(O)c3)Oc3c(cc4c(c3O)[C@H](c3c(O)cc(O)c5c3O[C@H](c3ccc(O)c(O)c3)[C@H](O)C5)C(O)C(c3ccc(O)c(O)c3)O4)C2[C@H]1O. The van der Waals surface area contributed by atoms with E-state index in [1.807, 2.05) is 0 Å². The van der Waals surface area contributed by atoms with Crippen LogP contribution in [0.25, 0.3) is 0 Å². The first-order valence-electron chi connectivity index (χ1n) is 19.3. The van der Waals surface area contributed by atoms with E-state index in [1.54, 1.807) is 0 Å². The molecule has 2 bridgehead atoms. The fourth-order valence-corrected chi connectivity index (χ4v) is 9.28. The highest BCUT2D eigenvalue weighted by atomic mass is 16.7. The van der Waals surface area contributed by atoms with Gasteiger partial charge in [0.15, 0.2) is 52.1 Å². The molecule has 14 N–H and O–H groups in total. The number of aromatic hydroxyl groups is 11. The van der Waals surface area contributed by atoms with E-state index >= 15 is 0 Å². The molecule has 6 aromatic carbocycles. The Morgan fingerprint density at radius 2 is 1.10 bits per heavy atom. The molecule has 0 radical (unpaired) electrons. The third-order valence-electron chi connectivity index (χ3n) is 12.2. The van der Waals surface area contributed by atoms with Gasteiger partial charge in [0.2, 0.25) is 0 Å². The molecule has 18 nitrogen and oxygen atoms in total. The second-order valence-corrected chi connectivity index (χ2v) is 15.9. The Balaban J connectivity index is 1.23. The predicted octanol–water partition coefficient (Wildman–Crippen LogP) is 4.24. The van der Waals surface area contributed by atoms with Gasteiger partial charge in [-0.1, -0.05) is 12.1 Å². The zero-order valence-corrected chi connectivity index (χ0v) is 32.1. The smallest absolute Gasteiger partial charge is 0.305 e. The van der Waals surface area contributed by atoms with Crippen molar-refractivity contribution in [3.8, 4) is 86.2 Å². The molecular formula is C45H36O18. The lowest BCUT2D eigenvalue weighted by Crippen LogP contribution is -2.57. The summed E-state index contributed by atoms with van der Waals surface area (Å²) in [6, 6.07) is 15.1. The van der Waals surface area contributed by atoms with E-state index in [1.165, 1.54) is 24.3 Å². The first-order chi connectivity index (χ1) is 30.0. The van der Waals surface area contributed by atoms with Crippen LogP contribution in [0.3, 0.4) is 0 Å². The number of ether oxygens (including phenoxy) is 4. The minimum absolute atomic E-state index is 0.0326. The van der Waals surface area contributed by atoms with Crippen LogP contribution in [0, 0.1) is 0 Å². The van der Waals surface area contributed by atoms with Crippen molar-refractivity contribution < 1.29 is 90.4 Å². The molecular weight excluding hydrogens is 828 g/mol. The highest BCUT2D eigenvalue weighted by Gasteiger charge is 2.60. The molecule has 0 saturated carbocycles. The van der Waals surface area contributed by atoms with Gasteiger partial charge in [0.05, 0.1) is 23.5 Å². The van der Waals surface area contributed by atoms with E-state index < -0.39 is 117 Å². The van der Waals surface area contributed by atoms with Crippen molar-refractivity contribution in [3.05, 3.63) is 123 Å². The van der Waals surface area contributed by atoms with Gasteiger partial charge in [-0.2, -0.15) is 0 Å². The van der Waals surface area contributed by atoms with Crippen molar-refractivity contribution in [2.75, 3.05) is 0 Å². The molecule has 4 aliphatic rings. The topological polar surface area (TPSA) is 320 Å². The minimum atomic E-state index is -2.39.